The second kappa shape index (κ2) is 6.20. The maximum Gasteiger partial charge on any atom is 0.162 e. The summed E-state index contributed by atoms with van der Waals surface area (Å²) >= 11 is 6.31. The molecule has 0 aromatic heterocycles. The van der Waals surface area contributed by atoms with Gasteiger partial charge in [0.2, 0.25) is 0 Å². The normalized spacial score (nSPS) is 18.2. The summed E-state index contributed by atoms with van der Waals surface area (Å²) in [5.74, 6) is 1.25. The second-order valence-corrected chi connectivity index (χ2v) is 5.69. The smallest absolute Gasteiger partial charge is 0.162 e. The first-order valence-corrected chi connectivity index (χ1v) is 7.15. The molecule has 1 unspecified atom stereocenters. The molecule has 20 heavy (non-hydrogen) atoms. The molecule has 1 saturated carbocycles. The Balaban J connectivity index is 2.23. The van der Waals surface area contributed by atoms with Crippen molar-refractivity contribution in [3.63, 3.8) is 0 Å². The summed E-state index contributed by atoms with van der Waals surface area (Å²) in [4.78, 5) is 0. The van der Waals surface area contributed by atoms with Crippen LogP contribution in [0.25, 0.3) is 0 Å². The average Bonchev–Trinajstić information content (AvgIpc) is 2.42. The van der Waals surface area contributed by atoms with Gasteiger partial charge in [0.05, 0.1) is 19.8 Å². The predicted octanol–water partition coefficient (Wildman–Crippen LogP) is 3.32. The largest absolute Gasteiger partial charge is 0.493 e. The molecule has 0 amide bonds. The van der Waals surface area contributed by atoms with Crippen LogP contribution in [0.4, 0.5) is 0 Å². The summed E-state index contributed by atoms with van der Waals surface area (Å²) in [7, 11) is 4.94. The first-order chi connectivity index (χ1) is 9.55. The SMILES string of the molecule is COc1cc(Cl)c(C(N)CC2(OC)CCC2)cc1OC. The monoisotopic (exact) mass is 299 g/mol. The Hall–Kier alpha value is -0.970. The molecular formula is C15H22ClNO3. The summed E-state index contributed by atoms with van der Waals surface area (Å²) in [6.07, 6.45) is 4.07. The van der Waals surface area contributed by atoms with Crippen molar-refractivity contribution >= 4 is 11.6 Å². The second-order valence-electron chi connectivity index (χ2n) is 5.28. The number of ether oxygens (including phenoxy) is 3. The van der Waals surface area contributed by atoms with Gasteiger partial charge in [0.15, 0.2) is 11.5 Å². The quantitative estimate of drug-likeness (QED) is 0.875. The van der Waals surface area contributed by atoms with Crippen LogP contribution in [0.2, 0.25) is 5.02 Å². The van der Waals surface area contributed by atoms with Gasteiger partial charge < -0.3 is 19.9 Å². The Kier molecular flexibility index (Phi) is 4.78. The van der Waals surface area contributed by atoms with Crippen LogP contribution in [-0.2, 0) is 4.74 Å². The number of benzene rings is 1. The van der Waals surface area contributed by atoms with Gasteiger partial charge in [-0.3, -0.25) is 0 Å². The van der Waals surface area contributed by atoms with Gasteiger partial charge in [0, 0.05) is 24.2 Å². The summed E-state index contributed by atoms with van der Waals surface area (Å²) in [5.41, 5.74) is 7.10. The van der Waals surface area contributed by atoms with Crippen molar-refractivity contribution in [2.24, 2.45) is 5.73 Å². The van der Waals surface area contributed by atoms with Crippen LogP contribution in [0.3, 0.4) is 0 Å². The minimum Gasteiger partial charge on any atom is -0.493 e. The first-order valence-electron chi connectivity index (χ1n) is 6.77. The van der Waals surface area contributed by atoms with E-state index >= 15 is 0 Å². The molecule has 1 aromatic carbocycles. The Morgan fingerprint density at radius 1 is 1.20 bits per heavy atom. The lowest BCUT2D eigenvalue weighted by molar-refractivity contribution is -0.0816. The molecule has 1 aliphatic rings. The molecule has 4 nitrogen and oxygen atoms in total. The number of methoxy groups -OCH3 is 3. The number of nitrogens with two attached hydrogens (primary N) is 1. The van der Waals surface area contributed by atoms with E-state index < -0.39 is 0 Å². The molecule has 112 valence electrons. The third-order valence-electron chi connectivity index (χ3n) is 4.19. The van der Waals surface area contributed by atoms with E-state index in [0.29, 0.717) is 16.5 Å². The molecule has 5 heteroatoms. The van der Waals surface area contributed by atoms with E-state index in [0.717, 1.165) is 24.8 Å². The van der Waals surface area contributed by atoms with Crippen molar-refractivity contribution in [2.45, 2.75) is 37.3 Å². The lowest BCUT2D eigenvalue weighted by Crippen LogP contribution is -2.41. The van der Waals surface area contributed by atoms with Crippen LogP contribution in [-0.4, -0.2) is 26.9 Å². The lowest BCUT2D eigenvalue weighted by Gasteiger charge is -2.42. The summed E-state index contributed by atoms with van der Waals surface area (Å²) in [6, 6.07) is 3.42. The Morgan fingerprint density at radius 3 is 2.25 bits per heavy atom. The molecular weight excluding hydrogens is 278 g/mol. The maximum absolute atomic E-state index is 6.32. The van der Waals surface area contributed by atoms with E-state index in [9.17, 15) is 0 Å². The highest BCUT2D eigenvalue weighted by Gasteiger charge is 2.39. The summed E-state index contributed by atoms with van der Waals surface area (Å²) < 4.78 is 16.2. The van der Waals surface area contributed by atoms with Gasteiger partial charge in [-0.15, -0.1) is 0 Å². The Labute approximate surface area is 125 Å². The van der Waals surface area contributed by atoms with E-state index in [1.165, 1.54) is 6.42 Å². The van der Waals surface area contributed by atoms with Crippen molar-refractivity contribution < 1.29 is 14.2 Å². The van der Waals surface area contributed by atoms with Gasteiger partial charge in [-0.05, 0) is 37.3 Å². The fourth-order valence-electron chi connectivity index (χ4n) is 2.73. The number of halogens is 1. The molecule has 1 fully saturated rings. The molecule has 1 aromatic rings. The molecule has 2 N–H and O–H groups in total. The summed E-state index contributed by atoms with van der Waals surface area (Å²) in [6.45, 7) is 0. The molecule has 0 aliphatic heterocycles. The molecule has 0 bridgehead atoms. The van der Waals surface area contributed by atoms with E-state index in [-0.39, 0.29) is 11.6 Å². The van der Waals surface area contributed by atoms with Crippen LogP contribution < -0.4 is 15.2 Å². The number of hydrogen-bond donors (Lipinski definition) is 1. The van der Waals surface area contributed by atoms with E-state index in [1.54, 1.807) is 27.4 Å². The average molecular weight is 300 g/mol. The minimum atomic E-state index is -0.178. The third-order valence-corrected chi connectivity index (χ3v) is 4.52. The minimum absolute atomic E-state index is 0.0874. The zero-order chi connectivity index (χ0) is 14.8. The number of hydrogen-bond acceptors (Lipinski definition) is 4. The maximum atomic E-state index is 6.32. The van der Waals surface area contributed by atoms with Crippen LogP contribution >= 0.6 is 11.6 Å². The van der Waals surface area contributed by atoms with Crippen LogP contribution in [0.5, 0.6) is 11.5 Å². The molecule has 0 spiro atoms. The standard InChI is InChI=1S/C15H22ClNO3/c1-18-13-7-10(11(16)8-14(13)19-2)12(17)9-15(20-3)5-4-6-15/h7-8,12H,4-6,9,17H2,1-3H3. The van der Waals surface area contributed by atoms with Crippen molar-refractivity contribution in [2.75, 3.05) is 21.3 Å². The lowest BCUT2D eigenvalue weighted by atomic mass is 9.75. The van der Waals surface area contributed by atoms with E-state index in [4.69, 9.17) is 31.5 Å². The van der Waals surface area contributed by atoms with Crippen LogP contribution in [0, 0.1) is 0 Å². The zero-order valence-electron chi connectivity index (χ0n) is 12.2. The highest BCUT2D eigenvalue weighted by atomic mass is 35.5. The van der Waals surface area contributed by atoms with Crippen molar-refractivity contribution in [3.8, 4) is 11.5 Å². The van der Waals surface area contributed by atoms with Crippen molar-refractivity contribution in [3.05, 3.63) is 22.7 Å². The third kappa shape index (κ3) is 2.87. The van der Waals surface area contributed by atoms with Crippen molar-refractivity contribution in [1.82, 2.24) is 0 Å². The highest BCUT2D eigenvalue weighted by Crippen LogP contribution is 2.43. The summed E-state index contributed by atoms with van der Waals surface area (Å²) in [5, 5.41) is 0.598. The van der Waals surface area contributed by atoms with Gasteiger partial charge in [-0.2, -0.15) is 0 Å². The molecule has 0 heterocycles. The molecule has 0 saturated heterocycles. The fourth-order valence-corrected chi connectivity index (χ4v) is 3.02. The molecule has 1 aliphatic carbocycles. The molecule has 0 radical (unpaired) electrons. The Morgan fingerprint density at radius 2 is 1.80 bits per heavy atom. The zero-order valence-corrected chi connectivity index (χ0v) is 13.0. The van der Waals surface area contributed by atoms with E-state index in [2.05, 4.69) is 0 Å². The van der Waals surface area contributed by atoms with Gasteiger partial charge in [0.25, 0.3) is 0 Å². The molecule has 2 rings (SSSR count). The fraction of sp³-hybridized carbons (Fsp3) is 0.600. The Bertz CT molecular complexity index is 469. The first kappa shape index (κ1) is 15.4. The highest BCUT2D eigenvalue weighted by molar-refractivity contribution is 6.31. The predicted molar refractivity (Wildman–Crippen MR) is 79.7 cm³/mol. The van der Waals surface area contributed by atoms with E-state index in [1.807, 2.05) is 6.07 Å². The molecule has 1 atom stereocenters. The van der Waals surface area contributed by atoms with Gasteiger partial charge in [0.1, 0.15) is 0 Å². The van der Waals surface area contributed by atoms with Gasteiger partial charge >= 0.3 is 0 Å². The topological polar surface area (TPSA) is 53.7 Å². The van der Waals surface area contributed by atoms with Gasteiger partial charge in [-0.1, -0.05) is 11.6 Å². The number of rotatable bonds is 6. The van der Waals surface area contributed by atoms with Crippen LogP contribution in [0.1, 0.15) is 37.3 Å². The van der Waals surface area contributed by atoms with Crippen LogP contribution in [0.15, 0.2) is 12.1 Å². The van der Waals surface area contributed by atoms with Crippen molar-refractivity contribution in [1.29, 1.82) is 0 Å². The van der Waals surface area contributed by atoms with Gasteiger partial charge in [-0.25, -0.2) is 0 Å².